The second-order valence-electron chi connectivity index (χ2n) is 5.16. The molecule has 1 heterocycles. The number of amides is 1. The Morgan fingerprint density at radius 1 is 1.21 bits per heavy atom. The lowest BCUT2D eigenvalue weighted by Gasteiger charge is -2.31. The first kappa shape index (κ1) is 12.4. The van der Waals surface area contributed by atoms with Crippen LogP contribution in [0.4, 0.5) is 5.69 Å². The van der Waals surface area contributed by atoms with Gasteiger partial charge in [-0.2, -0.15) is 5.06 Å². The van der Waals surface area contributed by atoms with Crippen molar-refractivity contribution in [3.63, 3.8) is 0 Å². The molecular formula is C15H17NO3. The molecule has 0 unspecified atom stereocenters. The van der Waals surface area contributed by atoms with Gasteiger partial charge in [0.05, 0.1) is 17.7 Å². The van der Waals surface area contributed by atoms with Gasteiger partial charge in [-0.15, -0.1) is 0 Å². The zero-order valence-electron chi connectivity index (χ0n) is 11.0. The van der Waals surface area contributed by atoms with Gasteiger partial charge in [-0.25, -0.2) is 0 Å². The molecule has 0 saturated heterocycles. The second kappa shape index (κ2) is 4.46. The molecule has 3 rings (SSSR count). The number of fused-ring (bicyclic) bond motifs is 2. The zero-order valence-corrected chi connectivity index (χ0v) is 11.0. The van der Waals surface area contributed by atoms with Crippen molar-refractivity contribution in [3.05, 3.63) is 29.8 Å². The first-order valence-corrected chi connectivity index (χ1v) is 6.78. The molecule has 2 aliphatic rings. The normalized spacial score (nSPS) is 21.0. The predicted octanol–water partition coefficient (Wildman–Crippen LogP) is 2.37. The summed E-state index contributed by atoms with van der Waals surface area (Å²) in [6, 6.07) is 7.75. The highest BCUT2D eigenvalue weighted by molar-refractivity contribution is 6.07. The van der Waals surface area contributed by atoms with Crippen LogP contribution in [0.25, 0.3) is 0 Å². The summed E-state index contributed by atoms with van der Waals surface area (Å²) in [5.41, 5.74) is 1.31. The summed E-state index contributed by atoms with van der Waals surface area (Å²) >= 11 is 0. The summed E-state index contributed by atoms with van der Waals surface area (Å²) in [6.45, 7) is 2.32. The molecule has 1 aliphatic carbocycles. The Morgan fingerprint density at radius 2 is 1.89 bits per heavy atom. The van der Waals surface area contributed by atoms with Crippen molar-refractivity contribution >= 4 is 17.4 Å². The molecule has 4 nitrogen and oxygen atoms in total. The molecule has 0 bridgehead atoms. The highest BCUT2D eigenvalue weighted by Gasteiger charge is 2.52. The van der Waals surface area contributed by atoms with E-state index in [0.29, 0.717) is 32.3 Å². The molecule has 0 radical (unpaired) electrons. The molecule has 1 spiro atoms. The third-order valence-electron chi connectivity index (χ3n) is 4.15. The maximum Gasteiger partial charge on any atom is 0.261 e. The van der Waals surface area contributed by atoms with Gasteiger partial charge in [0.2, 0.25) is 0 Å². The predicted molar refractivity (Wildman–Crippen MR) is 70.7 cm³/mol. The Labute approximate surface area is 112 Å². The monoisotopic (exact) mass is 259 g/mol. The number of carbonyl (C=O) groups excluding carboxylic acids is 2. The minimum Gasteiger partial charge on any atom is -0.300 e. The van der Waals surface area contributed by atoms with Crippen molar-refractivity contribution in [1.82, 2.24) is 0 Å². The second-order valence-corrected chi connectivity index (χ2v) is 5.16. The van der Waals surface area contributed by atoms with Gasteiger partial charge in [0.15, 0.2) is 0 Å². The van der Waals surface area contributed by atoms with Crippen molar-refractivity contribution in [2.45, 2.75) is 38.0 Å². The number of nitrogens with zero attached hydrogens (tertiary/aromatic N) is 1. The number of carbonyl (C=O) groups is 2. The van der Waals surface area contributed by atoms with Gasteiger partial charge in [0, 0.05) is 12.8 Å². The summed E-state index contributed by atoms with van der Waals surface area (Å²) in [6.07, 6.45) is 2.18. The maximum absolute atomic E-state index is 12.7. The van der Waals surface area contributed by atoms with E-state index in [1.807, 2.05) is 31.2 Å². The lowest BCUT2D eigenvalue weighted by atomic mass is 9.70. The summed E-state index contributed by atoms with van der Waals surface area (Å²) in [5.74, 6) is 0.244. The third-order valence-corrected chi connectivity index (χ3v) is 4.15. The van der Waals surface area contributed by atoms with E-state index in [4.69, 9.17) is 4.84 Å². The smallest absolute Gasteiger partial charge is 0.261 e. The minimum absolute atomic E-state index is 0.0111. The highest BCUT2D eigenvalue weighted by Crippen LogP contribution is 2.49. The van der Waals surface area contributed by atoms with Gasteiger partial charge in [0.25, 0.3) is 5.91 Å². The van der Waals surface area contributed by atoms with Crippen LogP contribution in [-0.4, -0.2) is 18.3 Å². The maximum atomic E-state index is 12.7. The van der Waals surface area contributed by atoms with Crippen LogP contribution in [0.15, 0.2) is 24.3 Å². The van der Waals surface area contributed by atoms with Crippen LogP contribution < -0.4 is 5.06 Å². The van der Waals surface area contributed by atoms with Crippen molar-refractivity contribution in [1.29, 1.82) is 0 Å². The molecule has 0 aromatic heterocycles. The van der Waals surface area contributed by atoms with E-state index in [0.717, 1.165) is 11.3 Å². The molecule has 100 valence electrons. The molecule has 4 heteroatoms. The average molecular weight is 259 g/mol. The molecular weight excluding hydrogens is 242 g/mol. The Hall–Kier alpha value is -1.68. The van der Waals surface area contributed by atoms with Gasteiger partial charge < -0.3 is 0 Å². The number of hydroxylamine groups is 1. The molecule has 0 N–H and O–H groups in total. The van der Waals surface area contributed by atoms with E-state index in [1.165, 1.54) is 5.06 Å². The van der Waals surface area contributed by atoms with Crippen molar-refractivity contribution < 1.29 is 14.4 Å². The molecule has 1 aromatic rings. The SMILES string of the molecule is CCON1C(=O)C2(CCC(=O)CC2)c2ccccc21. The van der Waals surface area contributed by atoms with Gasteiger partial charge in [-0.1, -0.05) is 18.2 Å². The molecule has 1 saturated carbocycles. The summed E-state index contributed by atoms with van der Waals surface area (Å²) in [4.78, 5) is 29.7. The van der Waals surface area contributed by atoms with Crippen LogP contribution in [0, 0.1) is 0 Å². The molecule has 1 amide bonds. The molecule has 19 heavy (non-hydrogen) atoms. The van der Waals surface area contributed by atoms with E-state index in [9.17, 15) is 9.59 Å². The third kappa shape index (κ3) is 1.70. The Balaban J connectivity index is 2.06. The lowest BCUT2D eigenvalue weighted by Crippen LogP contribution is -2.43. The lowest BCUT2D eigenvalue weighted by molar-refractivity contribution is -0.133. The minimum atomic E-state index is -0.542. The quantitative estimate of drug-likeness (QED) is 0.819. The van der Waals surface area contributed by atoms with Gasteiger partial charge in [-0.05, 0) is 31.4 Å². The fourth-order valence-electron chi connectivity index (χ4n) is 3.17. The van der Waals surface area contributed by atoms with E-state index in [1.54, 1.807) is 0 Å². The molecule has 1 fully saturated rings. The zero-order chi connectivity index (χ0) is 13.5. The van der Waals surface area contributed by atoms with E-state index < -0.39 is 5.41 Å². The van der Waals surface area contributed by atoms with Crippen LogP contribution in [0.2, 0.25) is 0 Å². The number of ketones is 1. The Bertz CT molecular complexity index is 528. The fourth-order valence-corrected chi connectivity index (χ4v) is 3.17. The number of Topliss-reactive ketones (excluding diaryl/α,β-unsaturated/α-hetero) is 1. The molecule has 1 aliphatic heterocycles. The topological polar surface area (TPSA) is 46.6 Å². The van der Waals surface area contributed by atoms with Crippen molar-refractivity contribution in [2.75, 3.05) is 11.7 Å². The number of benzene rings is 1. The van der Waals surface area contributed by atoms with Crippen LogP contribution in [0.1, 0.15) is 38.2 Å². The van der Waals surface area contributed by atoms with Crippen LogP contribution in [0.5, 0.6) is 0 Å². The summed E-state index contributed by atoms with van der Waals surface area (Å²) < 4.78 is 0. The highest BCUT2D eigenvalue weighted by atomic mass is 16.7. The largest absolute Gasteiger partial charge is 0.300 e. The Morgan fingerprint density at radius 3 is 2.58 bits per heavy atom. The number of anilines is 1. The number of hydrogen-bond acceptors (Lipinski definition) is 3. The summed E-state index contributed by atoms with van der Waals surface area (Å²) in [7, 11) is 0. The van der Waals surface area contributed by atoms with Gasteiger partial charge in [-0.3, -0.25) is 14.4 Å². The summed E-state index contributed by atoms with van der Waals surface area (Å²) in [5, 5.41) is 1.42. The van der Waals surface area contributed by atoms with Crippen molar-refractivity contribution in [3.8, 4) is 0 Å². The van der Waals surface area contributed by atoms with Gasteiger partial charge >= 0.3 is 0 Å². The molecule has 0 atom stereocenters. The first-order valence-electron chi connectivity index (χ1n) is 6.78. The number of hydrogen-bond donors (Lipinski definition) is 0. The van der Waals surface area contributed by atoms with Gasteiger partial charge in [0.1, 0.15) is 5.78 Å². The number of para-hydroxylation sites is 1. The molecule has 1 aromatic carbocycles. The standard InChI is InChI=1S/C15H17NO3/c1-2-19-16-13-6-4-3-5-12(13)15(14(16)18)9-7-11(17)8-10-15/h3-6H,2,7-10H2,1H3. The van der Waals surface area contributed by atoms with E-state index in [-0.39, 0.29) is 11.7 Å². The fraction of sp³-hybridized carbons (Fsp3) is 0.467. The number of rotatable bonds is 2. The van der Waals surface area contributed by atoms with Crippen LogP contribution in [0.3, 0.4) is 0 Å². The van der Waals surface area contributed by atoms with Crippen LogP contribution in [-0.2, 0) is 19.8 Å². The van der Waals surface area contributed by atoms with E-state index >= 15 is 0 Å². The van der Waals surface area contributed by atoms with Crippen molar-refractivity contribution in [2.24, 2.45) is 0 Å². The van der Waals surface area contributed by atoms with E-state index in [2.05, 4.69) is 0 Å². The van der Waals surface area contributed by atoms with Crippen LogP contribution >= 0.6 is 0 Å². The Kier molecular flexibility index (Phi) is 2.90. The average Bonchev–Trinajstić information content (AvgIpc) is 2.66. The first-order chi connectivity index (χ1) is 9.19.